The van der Waals surface area contributed by atoms with E-state index in [1.165, 1.54) is 9.80 Å². The van der Waals surface area contributed by atoms with Crippen LogP contribution in [0.2, 0.25) is 0 Å². The molecule has 1 unspecified atom stereocenters. The lowest BCUT2D eigenvalue weighted by atomic mass is 10.2. The van der Waals surface area contributed by atoms with Gasteiger partial charge in [-0.25, -0.2) is 9.69 Å². The Balaban J connectivity index is 2.04. The first-order valence-corrected chi connectivity index (χ1v) is 8.64. The molecular weight excluding hydrogens is 320 g/mol. The Kier molecular flexibility index (Phi) is 6.14. The second-order valence-corrected chi connectivity index (χ2v) is 6.57. The Labute approximate surface area is 148 Å². The monoisotopic (exact) mass is 347 g/mol. The third-order valence-corrected chi connectivity index (χ3v) is 4.22. The molecule has 2 N–H and O–H groups in total. The fourth-order valence-corrected chi connectivity index (χ4v) is 2.84. The molecule has 136 valence electrons. The van der Waals surface area contributed by atoms with Gasteiger partial charge in [-0.1, -0.05) is 24.6 Å². The molecule has 0 spiro atoms. The molecule has 7 heteroatoms. The fraction of sp³-hybridized carbons (Fsp3) is 0.500. The van der Waals surface area contributed by atoms with Crippen molar-refractivity contribution in [1.29, 1.82) is 0 Å². The number of urea groups is 1. The topological polar surface area (TPSA) is 74.2 Å². The van der Waals surface area contributed by atoms with Gasteiger partial charge in [-0.15, -0.1) is 0 Å². The van der Waals surface area contributed by atoms with Gasteiger partial charge in [-0.05, 0) is 32.4 Å². The molecule has 0 bridgehead atoms. The molecule has 7 nitrogen and oxygen atoms in total. The molecular formula is C18H27N4O3+. The number of carbonyl (C=O) groups is 3. The SMILES string of the molecule is CCCNC(=O)C[NH+](C)CN1C(=O)[C@@H](C)N(c2ccc(C)cc2)C1=O. The van der Waals surface area contributed by atoms with E-state index in [2.05, 4.69) is 5.32 Å². The summed E-state index contributed by atoms with van der Waals surface area (Å²) in [5.74, 6) is -0.319. The van der Waals surface area contributed by atoms with Gasteiger partial charge in [0.05, 0.1) is 7.05 Å². The molecule has 1 saturated heterocycles. The molecule has 2 atom stereocenters. The van der Waals surface area contributed by atoms with E-state index in [0.717, 1.165) is 16.9 Å². The van der Waals surface area contributed by atoms with Crippen molar-refractivity contribution in [3.05, 3.63) is 29.8 Å². The zero-order valence-electron chi connectivity index (χ0n) is 15.3. The summed E-state index contributed by atoms with van der Waals surface area (Å²) in [6.45, 7) is 6.70. The summed E-state index contributed by atoms with van der Waals surface area (Å²) in [6, 6.07) is 6.63. The first kappa shape index (κ1) is 18.9. The van der Waals surface area contributed by atoms with Gasteiger partial charge in [-0.2, -0.15) is 0 Å². The number of aryl methyl sites for hydroxylation is 1. The Bertz CT molecular complexity index is 644. The lowest BCUT2D eigenvalue weighted by molar-refractivity contribution is -0.879. The zero-order valence-corrected chi connectivity index (χ0v) is 15.3. The van der Waals surface area contributed by atoms with E-state index >= 15 is 0 Å². The van der Waals surface area contributed by atoms with Crippen LogP contribution in [0.1, 0.15) is 25.8 Å². The summed E-state index contributed by atoms with van der Waals surface area (Å²) in [6.07, 6.45) is 0.872. The second-order valence-electron chi connectivity index (χ2n) is 6.57. The van der Waals surface area contributed by atoms with Crippen LogP contribution in [-0.2, 0) is 9.59 Å². The summed E-state index contributed by atoms with van der Waals surface area (Å²) in [5, 5.41) is 2.80. The Morgan fingerprint density at radius 2 is 1.88 bits per heavy atom. The van der Waals surface area contributed by atoms with Crippen LogP contribution in [0.25, 0.3) is 0 Å². The minimum Gasteiger partial charge on any atom is -0.351 e. The number of carbonyl (C=O) groups excluding carboxylic acids is 3. The van der Waals surface area contributed by atoms with Crippen LogP contribution in [0.3, 0.4) is 0 Å². The average Bonchev–Trinajstić information content (AvgIpc) is 2.77. The first-order valence-electron chi connectivity index (χ1n) is 8.64. The van der Waals surface area contributed by atoms with E-state index in [9.17, 15) is 14.4 Å². The van der Waals surface area contributed by atoms with Crippen LogP contribution in [0, 0.1) is 6.92 Å². The number of hydrogen-bond donors (Lipinski definition) is 2. The van der Waals surface area contributed by atoms with Crippen molar-refractivity contribution in [3.8, 4) is 0 Å². The number of anilines is 1. The van der Waals surface area contributed by atoms with Gasteiger partial charge in [-0.3, -0.25) is 14.5 Å². The molecule has 1 aromatic carbocycles. The van der Waals surface area contributed by atoms with Crippen LogP contribution < -0.4 is 15.1 Å². The van der Waals surface area contributed by atoms with E-state index in [4.69, 9.17) is 0 Å². The fourth-order valence-electron chi connectivity index (χ4n) is 2.84. The van der Waals surface area contributed by atoms with Crippen molar-refractivity contribution in [2.75, 3.05) is 31.7 Å². The van der Waals surface area contributed by atoms with Crippen LogP contribution in [0.15, 0.2) is 24.3 Å². The third-order valence-electron chi connectivity index (χ3n) is 4.22. The molecule has 0 aromatic heterocycles. The van der Waals surface area contributed by atoms with Gasteiger partial charge >= 0.3 is 6.03 Å². The van der Waals surface area contributed by atoms with E-state index in [0.29, 0.717) is 12.2 Å². The van der Waals surface area contributed by atoms with Crippen LogP contribution >= 0.6 is 0 Å². The summed E-state index contributed by atoms with van der Waals surface area (Å²) in [4.78, 5) is 40.6. The quantitative estimate of drug-likeness (QED) is 0.690. The molecule has 1 aliphatic rings. The number of quaternary nitrogens is 1. The molecule has 1 fully saturated rings. The summed E-state index contributed by atoms with van der Waals surface area (Å²) < 4.78 is 0. The number of imide groups is 1. The standard InChI is InChI=1S/C18H26N4O3/c1-5-10-19-16(23)11-20(4)12-21-17(24)14(3)22(18(21)25)15-8-6-13(2)7-9-15/h6-9,14H,5,10-12H2,1-4H3,(H,19,23)/p+1/t14-/m1/s1. The van der Waals surface area contributed by atoms with Gasteiger partial charge < -0.3 is 10.2 Å². The van der Waals surface area contributed by atoms with E-state index in [1.807, 2.05) is 38.1 Å². The van der Waals surface area contributed by atoms with Crippen LogP contribution in [0.5, 0.6) is 0 Å². The lowest BCUT2D eigenvalue weighted by Gasteiger charge is -2.21. The predicted molar refractivity (Wildman–Crippen MR) is 95.3 cm³/mol. The molecule has 0 saturated carbocycles. The maximum Gasteiger partial charge on any atom is 0.336 e. The molecule has 1 aromatic rings. The number of likely N-dealkylation sites (N-methyl/N-ethyl adjacent to an activating group) is 1. The van der Waals surface area contributed by atoms with Crippen LogP contribution in [-0.4, -0.2) is 55.6 Å². The number of benzene rings is 1. The second kappa shape index (κ2) is 8.11. The number of hydrogen-bond acceptors (Lipinski definition) is 3. The maximum atomic E-state index is 12.7. The number of nitrogens with zero attached hydrogens (tertiary/aromatic N) is 2. The Morgan fingerprint density at radius 3 is 2.48 bits per heavy atom. The van der Waals surface area contributed by atoms with Gasteiger partial charge in [0.1, 0.15) is 6.04 Å². The predicted octanol–water partition coefficient (Wildman–Crippen LogP) is 0.151. The minimum absolute atomic E-state index is 0.0816. The lowest BCUT2D eigenvalue weighted by Crippen LogP contribution is -3.12. The van der Waals surface area contributed by atoms with Gasteiger partial charge in [0.15, 0.2) is 13.2 Å². The average molecular weight is 347 g/mol. The normalized spacial score (nSPS) is 18.6. The van der Waals surface area contributed by atoms with Crippen molar-refractivity contribution in [2.24, 2.45) is 0 Å². The molecule has 0 radical (unpaired) electrons. The zero-order chi connectivity index (χ0) is 18.6. The number of nitrogens with one attached hydrogen (secondary N) is 2. The molecule has 2 rings (SSSR count). The molecule has 25 heavy (non-hydrogen) atoms. The summed E-state index contributed by atoms with van der Waals surface area (Å²) in [5.41, 5.74) is 1.80. The maximum absolute atomic E-state index is 12.7. The minimum atomic E-state index is -0.545. The van der Waals surface area contributed by atoms with Gasteiger partial charge in [0, 0.05) is 12.2 Å². The Hall–Kier alpha value is -2.41. The smallest absolute Gasteiger partial charge is 0.336 e. The number of amides is 4. The Morgan fingerprint density at radius 1 is 1.24 bits per heavy atom. The van der Waals surface area contributed by atoms with Crippen LogP contribution in [0.4, 0.5) is 10.5 Å². The van der Waals surface area contributed by atoms with Crippen molar-refractivity contribution in [1.82, 2.24) is 10.2 Å². The largest absolute Gasteiger partial charge is 0.351 e. The van der Waals surface area contributed by atoms with Crippen molar-refractivity contribution in [3.63, 3.8) is 0 Å². The highest BCUT2D eigenvalue weighted by Crippen LogP contribution is 2.25. The van der Waals surface area contributed by atoms with Gasteiger partial charge in [0.2, 0.25) is 0 Å². The highest BCUT2D eigenvalue weighted by atomic mass is 16.2. The molecule has 0 aliphatic carbocycles. The molecule has 4 amide bonds. The van der Waals surface area contributed by atoms with Gasteiger partial charge in [0.25, 0.3) is 11.8 Å². The molecule has 1 aliphatic heterocycles. The van der Waals surface area contributed by atoms with E-state index < -0.39 is 6.04 Å². The first-order chi connectivity index (χ1) is 11.8. The summed E-state index contributed by atoms with van der Waals surface area (Å²) in [7, 11) is 1.80. The molecule has 1 heterocycles. The van der Waals surface area contributed by atoms with E-state index in [-0.39, 0.29) is 31.1 Å². The van der Waals surface area contributed by atoms with Crippen molar-refractivity contribution < 1.29 is 19.3 Å². The summed E-state index contributed by atoms with van der Waals surface area (Å²) >= 11 is 0. The van der Waals surface area contributed by atoms with E-state index in [1.54, 1.807) is 14.0 Å². The van der Waals surface area contributed by atoms with Crippen molar-refractivity contribution >= 4 is 23.5 Å². The highest BCUT2D eigenvalue weighted by molar-refractivity contribution is 6.13. The highest BCUT2D eigenvalue weighted by Gasteiger charge is 2.44. The van der Waals surface area contributed by atoms with Crippen molar-refractivity contribution in [2.45, 2.75) is 33.2 Å². The third kappa shape index (κ3) is 4.36. The number of rotatable bonds is 7.